The second-order valence-electron chi connectivity index (χ2n) is 3.33. The predicted octanol–water partition coefficient (Wildman–Crippen LogP) is 1.78. The Hall–Kier alpha value is -1.05. The molecule has 17 heavy (non-hydrogen) atoms. The Kier molecular flexibility index (Phi) is 8.47. The molecule has 6 heteroatoms. The molecule has 1 aromatic rings. The number of benzene rings is 1. The molecule has 0 saturated carbocycles. The second-order valence-corrected chi connectivity index (χ2v) is 3.33. The van der Waals surface area contributed by atoms with Crippen molar-refractivity contribution in [3.8, 4) is 0 Å². The number of hydrogen-bond donors (Lipinski definition) is 3. The average Bonchev–Trinajstić information content (AvgIpc) is 2.28. The molecule has 0 unspecified atom stereocenters. The van der Waals surface area contributed by atoms with Crippen LogP contribution in [0.1, 0.15) is 6.42 Å². The first kappa shape index (κ1) is 16.0. The molecule has 1 aromatic carbocycles. The van der Waals surface area contributed by atoms with E-state index in [4.69, 9.17) is 5.73 Å². The van der Waals surface area contributed by atoms with Crippen LogP contribution in [0.15, 0.2) is 29.3 Å². The van der Waals surface area contributed by atoms with Gasteiger partial charge in [-0.2, -0.15) is 0 Å². The highest BCUT2D eigenvalue weighted by Crippen LogP contribution is 2.08. The zero-order valence-electron chi connectivity index (χ0n) is 9.74. The maximum absolute atomic E-state index is 12.8. The average molecular weight is 352 g/mol. The van der Waals surface area contributed by atoms with Gasteiger partial charge in [-0.15, -0.1) is 24.0 Å². The van der Waals surface area contributed by atoms with Gasteiger partial charge in [0.25, 0.3) is 0 Å². The van der Waals surface area contributed by atoms with E-state index in [1.54, 1.807) is 13.1 Å². The van der Waals surface area contributed by atoms with E-state index in [1.807, 2.05) is 6.07 Å². The maximum Gasteiger partial charge on any atom is 0.188 e. The summed E-state index contributed by atoms with van der Waals surface area (Å²) in [4.78, 5) is 3.77. The summed E-state index contributed by atoms with van der Waals surface area (Å²) in [6, 6.07) is 6.40. The molecule has 0 heterocycles. The molecule has 0 bridgehead atoms. The van der Waals surface area contributed by atoms with Crippen LogP contribution in [0.25, 0.3) is 0 Å². The molecular formula is C11H18FIN4. The van der Waals surface area contributed by atoms with Crippen LogP contribution in [0.3, 0.4) is 0 Å². The summed E-state index contributed by atoms with van der Waals surface area (Å²) < 4.78 is 12.8. The first-order valence-corrected chi connectivity index (χ1v) is 5.18. The van der Waals surface area contributed by atoms with Crippen LogP contribution in [0.4, 0.5) is 10.1 Å². The van der Waals surface area contributed by atoms with E-state index in [0.717, 1.165) is 25.2 Å². The van der Waals surface area contributed by atoms with E-state index in [9.17, 15) is 4.39 Å². The van der Waals surface area contributed by atoms with Crippen LogP contribution < -0.4 is 16.4 Å². The first-order chi connectivity index (χ1) is 7.72. The van der Waals surface area contributed by atoms with Crippen LogP contribution in [0.5, 0.6) is 0 Å². The van der Waals surface area contributed by atoms with E-state index in [1.165, 1.54) is 12.1 Å². The van der Waals surface area contributed by atoms with E-state index < -0.39 is 0 Å². The molecule has 0 aliphatic carbocycles. The van der Waals surface area contributed by atoms with Gasteiger partial charge in [-0.1, -0.05) is 6.07 Å². The van der Waals surface area contributed by atoms with Crippen LogP contribution in [-0.2, 0) is 0 Å². The lowest BCUT2D eigenvalue weighted by Crippen LogP contribution is -2.32. The third-order valence-electron chi connectivity index (χ3n) is 2.05. The molecule has 0 saturated heterocycles. The van der Waals surface area contributed by atoms with E-state index >= 15 is 0 Å². The molecule has 0 aromatic heterocycles. The van der Waals surface area contributed by atoms with Crippen molar-refractivity contribution in [3.63, 3.8) is 0 Å². The van der Waals surface area contributed by atoms with E-state index in [-0.39, 0.29) is 29.8 Å². The Morgan fingerprint density at radius 1 is 1.41 bits per heavy atom. The quantitative estimate of drug-likeness (QED) is 0.328. The topological polar surface area (TPSA) is 62.4 Å². The molecule has 0 atom stereocenters. The molecule has 96 valence electrons. The van der Waals surface area contributed by atoms with Crippen molar-refractivity contribution in [1.29, 1.82) is 0 Å². The van der Waals surface area contributed by atoms with Gasteiger partial charge >= 0.3 is 0 Å². The van der Waals surface area contributed by atoms with Gasteiger partial charge in [-0.25, -0.2) is 4.39 Å². The number of anilines is 1. The summed E-state index contributed by atoms with van der Waals surface area (Å²) in [5.41, 5.74) is 6.24. The summed E-state index contributed by atoms with van der Waals surface area (Å²) in [5, 5.41) is 6.06. The Labute approximate surface area is 118 Å². The Morgan fingerprint density at radius 2 is 2.18 bits per heavy atom. The van der Waals surface area contributed by atoms with Crippen molar-refractivity contribution < 1.29 is 4.39 Å². The highest BCUT2D eigenvalue weighted by Gasteiger charge is 1.94. The number of nitrogens with two attached hydrogens (primary N) is 1. The van der Waals surface area contributed by atoms with Crippen molar-refractivity contribution in [2.24, 2.45) is 10.7 Å². The molecule has 0 fully saturated rings. The standard InChI is InChI=1S/C11H17FN4.HI/c1-14-11(13)16-7-3-6-15-10-5-2-4-9(12)8-10;/h2,4-5,8,15H,3,6-7H2,1H3,(H3,13,14,16);1H. The zero-order valence-corrected chi connectivity index (χ0v) is 12.1. The van der Waals surface area contributed by atoms with Crippen LogP contribution in [0, 0.1) is 5.82 Å². The molecule has 1 rings (SSSR count). The monoisotopic (exact) mass is 352 g/mol. The van der Waals surface area contributed by atoms with Crippen molar-refractivity contribution in [1.82, 2.24) is 5.32 Å². The van der Waals surface area contributed by atoms with Gasteiger partial charge in [0, 0.05) is 25.8 Å². The number of guanidine groups is 1. The summed E-state index contributed by atoms with van der Waals surface area (Å²) in [7, 11) is 1.63. The molecule has 0 amide bonds. The van der Waals surface area contributed by atoms with Gasteiger partial charge < -0.3 is 16.4 Å². The number of nitrogens with zero attached hydrogens (tertiary/aromatic N) is 1. The van der Waals surface area contributed by atoms with Gasteiger partial charge in [0.15, 0.2) is 5.96 Å². The number of aliphatic imine (C=N–C) groups is 1. The summed E-state index contributed by atoms with van der Waals surface area (Å²) >= 11 is 0. The Balaban J connectivity index is 0.00000256. The SMILES string of the molecule is CN=C(N)NCCCNc1cccc(F)c1.I. The highest BCUT2D eigenvalue weighted by atomic mass is 127. The zero-order chi connectivity index (χ0) is 11.8. The summed E-state index contributed by atoms with van der Waals surface area (Å²) in [6.07, 6.45) is 0.882. The summed E-state index contributed by atoms with van der Waals surface area (Å²) in [5.74, 6) is 0.205. The Morgan fingerprint density at radius 3 is 2.82 bits per heavy atom. The lowest BCUT2D eigenvalue weighted by atomic mass is 10.3. The Bertz CT molecular complexity index is 357. The van der Waals surface area contributed by atoms with Crippen LogP contribution in [-0.4, -0.2) is 26.1 Å². The van der Waals surface area contributed by atoms with Gasteiger partial charge in [0.2, 0.25) is 0 Å². The van der Waals surface area contributed by atoms with Crippen molar-refractivity contribution in [2.75, 3.05) is 25.5 Å². The van der Waals surface area contributed by atoms with Crippen molar-refractivity contribution in [2.45, 2.75) is 6.42 Å². The van der Waals surface area contributed by atoms with Gasteiger partial charge in [0.1, 0.15) is 5.82 Å². The number of halogens is 2. The van der Waals surface area contributed by atoms with E-state index in [2.05, 4.69) is 15.6 Å². The summed E-state index contributed by atoms with van der Waals surface area (Å²) in [6.45, 7) is 1.50. The lowest BCUT2D eigenvalue weighted by Gasteiger charge is -2.07. The third kappa shape index (κ3) is 6.98. The molecule has 4 nitrogen and oxygen atoms in total. The minimum atomic E-state index is -0.231. The maximum atomic E-state index is 12.8. The molecule has 0 aliphatic heterocycles. The molecule has 4 N–H and O–H groups in total. The predicted molar refractivity (Wildman–Crippen MR) is 80.5 cm³/mol. The molecule has 0 radical (unpaired) electrons. The smallest absolute Gasteiger partial charge is 0.188 e. The van der Waals surface area contributed by atoms with Gasteiger partial charge in [0.05, 0.1) is 0 Å². The van der Waals surface area contributed by atoms with Crippen molar-refractivity contribution >= 4 is 35.6 Å². The first-order valence-electron chi connectivity index (χ1n) is 5.18. The number of rotatable bonds is 5. The molecule has 0 spiro atoms. The fourth-order valence-corrected chi connectivity index (χ4v) is 1.22. The van der Waals surface area contributed by atoms with Crippen molar-refractivity contribution in [3.05, 3.63) is 30.1 Å². The fourth-order valence-electron chi connectivity index (χ4n) is 1.22. The van der Waals surface area contributed by atoms with E-state index in [0.29, 0.717) is 5.96 Å². The molecular weight excluding hydrogens is 334 g/mol. The normalized spacial score (nSPS) is 10.6. The third-order valence-corrected chi connectivity index (χ3v) is 2.05. The van der Waals surface area contributed by atoms with Gasteiger partial charge in [-0.3, -0.25) is 4.99 Å². The minimum absolute atomic E-state index is 0. The number of nitrogens with one attached hydrogen (secondary N) is 2. The largest absolute Gasteiger partial charge is 0.385 e. The lowest BCUT2D eigenvalue weighted by molar-refractivity contribution is 0.628. The molecule has 0 aliphatic rings. The second kappa shape index (κ2) is 9.03. The van der Waals surface area contributed by atoms with Crippen LogP contribution in [0.2, 0.25) is 0 Å². The van der Waals surface area contributed by atoms with Gasteiger partial charge in [-0.05, 0) is 24.6 Å². The fraction of sp³-hybridized carbons (Fsp3) is 0.364. The number of hydrogen-bond acceptors (Lipinski definition) is 2. The van der Waals surface area contributed by atoms with Crippen LogP contribution >= 0.6 is 24.0 Å². The highest BCUT2D eigenvalue weighted by molar-refractivity contribution is 14.0. The minimum Gasteiger partial charge on any atom is -0.385 e.